The zero-order valence-corrected chi connectivity index (χ0v) is 19.3. The summed E-state index contributed by atoms with van der Waals surface area (Å²) in [7, 11) is 0. The van der Waals surface area contributed by atoms with Gasteiger partial charge in [-0.15, -0.1) is 0 Å². The monoisotopic (exact) mass is 466 g/mol. The molecule has 8 heteroatoms. The van der Waals surface area contributed by atoms with Crippen LogP contribution < -0.4 is 10.9 Å². The van der Waals surface area contributed by atoms with Crippen LogP contribution in [0.4, 0.5) is 0 Å². The van der Waals surface area contributed by atoms with Crippen LogP contribution >= 0.6 is 23.4 Å². The van der Waals surface area contributed by atoms with Crippen LogP contribution in [0, 0.1) is 18.3 Å². The topological polar surface area (TPSA) is 87.8 Å². The van der Waals surface area contributed by atoms with Gasteiger partial charge in [-0.3, -0.25) is 14.2 Å². The number of hydrogen-bond donors (Lipinski definition) is 1. The van der Waals surface area contributed by atoms with Crippen LogP contribution in [0.25, 0.3) is 16.6 Å². The predicted octanol–water partition coefficient (Wildman–Crippen LogP) is 4.78. The van der Waals surface area contributed by atoms with E-state index in [4.69, 9.17) is 11.6 Å². The summed E-state index contributed by atoms with van der Waals surface area (Å²) in [5.74, 6) is -0.191. The van der Waals surface area contributed by atoms with E-state index in [9.17, 15) is 14.9 Å². The minimum absolute atomic E-state index is 0.0494. The largest absolute Gasteiger partial charge is 0.337 e. The number of carbonyl (C=O) groups is 1. The number of hydrogen-bond acceptors (Lipinski definition) is 5. The van der Waals surface area contributed by atoms with Crippen molar-refractivity contribution in [2.75, 3.05) is 5.75 Å². The van der Waals surface area contributed by atoms with Crippen molar-refractivity contribution in [1.82, 2.24) is 14.9 Å². The quantitative estimate of drug-likeness (QED) is 0.431. The number of benzene rings is 2. The second-order valence-corrected chi connectivity index (χ2v) is 9.45. The molecule has 4 rings (SSSR count). The Kier molecular flexibility index (Phi) is 6.54. The number of nitrogens with one attached hydrogen (secondary N) is 1. The molecule has 0 aliphatic heterocycles. The van der Waals surface area contributed by atoms with Crippen molar-refractivity contribution in [3.05, 3.63) is 63.4 Å². The molecule has 0 radical (unpaired) electrons. The number of rotatable bonds is 5. The molecule has 0 atom stereocenters. The molecule has 32 heavy (non-hydrogen) atoms. The van der Waals surface area contributed by atoms with Gasteiger partial charge in [0.2, 0.25) is 5.91 Å². The van der Waals surface area contributed by atoms with E-state index >= 15 is 0 Å². The third-order valence-corrected chi connectivity index (χ3v) is 6.96. The van der Waals surface area contributed by atoms with Crippen molar-refractivity contribution in [2.45, 2.75) is 49.7 Å². The number of fused-ring (bicyclic) bond motifs is 1. The summed E-state index contributed by atoms with van der Waals surface area (Å²) in [6.45, 7) is 1.93. The molecule has 0 saturated heterocycles. The highest BCUT2D eigenvalue weighted by Crippen LogP contribution is 2.28. The van der Waals surface area contributed by atoms with Crippen molar-refractivity contribution in [1.29, 1.82) is 5.26 Å². The van der Waals surface area contributed by atoms with Crippen LogP contribution in [-0.2, 0) is 4.79 Å². The molecule has 0 spiro atoms. The molecular formula is C24H23ClN4O2S. The predicted molar refractivity (Wildman–Crippen MR) is 127 cm³/mol. The average Bonchev–Trinajstić information content (AvgIpc) is 2.79. The van der Waals surface area contributed by atoms with Gasteiger partial charge >= 0.3 is 0 Å². The molecule has 1 aliphatic carbocycles. The Hall–Kier alpha value is -2.82. The molecule has 6 nitrogen and oxygen atoms in total. The van der Waals surface area contributed by atoms with E-state index in [0.717, 1.165) is 24.8 Å². The molecule has 3 aromatic rings. The summed E-state index contributed by atoms with van der Waals surface area (Å²) < 4.78 is 1.55. The van der Waals surface area contributed by atoms with Crippen molar-refractivity contribution in [3.63, 3.8) is 0 Å². The number of halogens is 1. The van der Waals surface area contributed by atoms with Gasteiger partial charge in [0.1, 0.15) is 5.54 Å². The van der Waals surface area contributed by atoms with Gasteiger partial charge in [0.15, 0.2) is 5.16 Å². The summed E-state index contributed by atoms with van der Waals surface area (Å²) in [4.78, 5) is 30.8. The smallest absolute Gasteiger partial charge is 0.266 e. The van der Waals surface area contributed by atoms with E-state index < -0.39 is 5.54 Å². The number of carbonyl (C=O) groups excluding carboxylic acids is 1. The Labute approximate surface area is 195 Å². The number of para-hydroxylation sites is 1. The van der Waals surface area contributed by atoms with Gasteiger partial charge in [0.05, 0.1) is 28.4 Å². The van der Waals surface area contributed by atoms with Gasteiger partial charge in [-0.1, -0.05) is 60.8 Å². The fourth-order valence-electron chi connectivity index (χ4n) is 4.12. The van der Waals surface area contributed by atoms with E-state index in [2.05, 4.69) is 16.4 Å². The van der Waals surface area contributed by atoms with E-state index in [1.54, 1.807) is 22.8 Å². The normalized spacial score (nSPS) is 15.3. The summed E-state index contributed by atoms with van der Waals surface area (Å²) in [6, 6.07) is 14.8. The van der Waals surface area contributed by atoms with Crippen LogP contribution in [0.2, 0.25) is 5.02 Å². The minimum atomic E-state index is -0.796. The van der Waals surface area contributed by atoms with Gasteiger partial charge in [-0.25, -0.2) is 4.98 Å². The average molecular weight is 467 g/mol. The lowest BCUT2D eigenvalue weighted by Gasteiger charge is -2.31. The lowest BCUT2D eigenvalue weighted by Crippen LogP contribution is -2.49. The molecule has 1 amide bonds. The Morgan fingerprint density at radius 2 is 2.00 bits per heavy atom. The summed E-state index contributed by atoms with van der Waals surface area (Å²) in [5.41, 5.74) is 1.10. The summed E-state index contributed by atoms with van der Waals surface area (Å²) in [6.07, 6.45) is 4.28. The van der Waals surface area contributed by atoms with Crippen molar-refractivity contribution in [2.24, 2.45) is 0 Å². The van der Waals surface area contributed by atoms with Crippen LogP contribution in [0.3, 0.4) is 0 Å². The zero-order valence-electron chi connectivity index (χ0n) is 17.7. The van der Waals surface area contributed by atoms with Crippen LogP contribution in [0.15, 0.2) is 52.4 Å². The van der Waals surface area contributed by atoms with Crippen LogP contribution in [0.1, 0.15) is 37.7 Å². The number of thioether (sulfide) groups is 1. The van der Waals surface area contributed by atoms with Crippen molar-refractivity contribution >= 4 is 40.2 Å². The fraction of sp³-hybridized carbons (Fsp3) is 0.333. The molecule has 1 fully saturated rings. The minimum Gasteiger partial charge on any atom is -0.337 e. The number of nitriles is 1. The first-order valence-electron chi connectivity index (χ1n) is 10.6. The Balaban J connectivity index is 1.69. The molecule has 164 valence electrons. The number of nitrogens with zero attached hydrogens (tertiary/aromatic N) is 3. The van der Waals surface area contributed by atoms with Crippen LogP contribution in [0.5, 0.6) is 0 Å². The maximum absolute atomic E-state index is 13.4. The molecule has 0 unspecified atom stereocenters. The molecule has 1 saturated carbocycles. The molecule has 2 aromatic carbocycles. The van der Waals surface area contributed by atoms with E-state index in [0.29, 0.717) is 39.6 Å². The standard InChI is InChI=1S/C24H23ClN4O2S/c1-16-7-3-4-8-20(16)29-22(31)18-10-9-17(25)13-19(18)27-23(29)32-14-21(30)28-24(15-26)11-5-2-6-12-24/h3-4,7-10,13H,2,5-6,11-12,14H2,1H3,(H,28,30). The highest BCUT2D eigenvalue weighted by atomic mass is 35.5. The van der Waals surface area contributed by atoms with Crippen LogP contribution in [-0.4, -0.2) is 26.8 Å². The maximum Gasteiger partial charge on any atom is 0.266 e. The van der Waals surface area contributed by atoms with Crippen molar-refractivity contribution in [3.8, 4) is 11.8 Å². The maximum atomic E-state index is 13.4. The van der Waals surface area contributed by atoms with E-state index in [-0.39, 0.29) is 17.2 Å². The Morgan fingerprint density at radius 3 is 2.72 bits per heavy atom. The van der Waals surface area contributed by atoms with Gasteiger partial charge in [0.25, 0.3) is 5.56 Å². The van der Waals surface area contributed by atoms with Gasteiger partial charge in [0, 0.05) is 5.02 Å². The first-order chi connectivity index (χ1) is 15.4. The van der Waals surface area contributed by atoms with Gasteiger partial charge in [-0.2, -0.15) is 5.26 Å². The SMILES string of the molecule is Cc1ccccc1-n1c(SCC(=O)NC2(C#N)CCCCC2)nc2cc(Cl)ccc2c1=O. The highest BCUT2D eigenvalue weighted by molar-refractivity contribution is 7.99. The molecule has 1 N–H and O–H groups in total. The number of aryl methyl sites for hydroxylation is 1. The lowest BCUT2D eigenvalue weighted by atomic mass is 9.83. The zero-order chi connectivity index (χ0) is 22.7. The molecule has 1 aromatic heterocycles. The highest BCUT2D eigenvalue weighted by Gasteiger charge is 2.33. The van der Waals surface area contributed by atoms with Crippen molar-refractivity contribution < 1.29 is 4.79 Å². The van der Waals surface area contributed by atoms with E-state index in [1.807, 2.05) is 31.2 Å². The lowest BCUT2D eigenvalue weighted by molar-refractivity contribution is -0.120. The molecule has 1 heterocycles. The molecule has 0 bridgehead atoms. The first kappa shape index (κ1) is 22.4. The second kappa shape index (κ2) is 9.35. The second-order valence-electron chi connectivity index (χ2n) is 8.07. The third-order valence-electron chi connectivity index (χ3n) is 5.79. The summed E-state index contributed by atoms with van der Waals surface area (Å²) in [5, 5.41) is 13.9. The van der Waals surface area contributed by atoms with Gasteiger partial charge in [-0.05, 0) is 49.6 Å². The number of amides is 1. The molecular weight excluding hydrogens is 444 g/mol. The summed E-state index contributed by atoms with van der Waals surface area (Å²) >= 11 is 7.30. The van der Waals surface area contributed by atoms with Gasteiger partial charge < -0.3 is 5.32 Å². The Bertz CT molecular complexity index is 1280. The third kappa shape index (κ3) is 4.52. The molecule has 1 aliphatic rings. The Morgan fingerprint density at radius 1 is 1.25 bits per heavy atom. The number of aromatic nitrogens is 2. The fourth-order valence-corrected chi connectivity index (χ4v) is 5.09. The first-order valence-corrected chi connectivity index (χ1v) is 11.9. The van der Waals surface area contributed by atoms with E-state index in [1.165, 1.54) is 11.8 Å².